The van der Waals surface area contributed by atoms with E-state index in [0.29, 0.717) is 28.6 Å². The van der Waals surface area contributed by atoms with E-state index in [2.05, 4.69) is 0 Å². The van der Waals surface area contributed by atoms with Crippen LogP contribution in [0.5, 0.6) is 5.75 Å². The Kier molecular flexibility index (Phi) is 4.44. The topological polar surface area (TPSA) is 55.8 Å². The van der Waals surface area contributed by atoms with Gasteiger partial charge in [-0.15, -0.1) is 0 Å². The molecule has 0 aromatic heterocycles. The maximum Gasteiger partial charge on any atom is 0.337 e. The van der Waals surface area contributed by atoms with E-state index in [1.807, 2.05) is 12.1 Å². The van der Waals surface area contributed by atoms with Crippen molar-refractivity contribution in [1.29, 1.82) is 0 Å². The zero-order valence-electron chi connectivity index (χ0n) is 13.3. The molecule has 0 radical (unpaired) electrons. The fraction of sp³-hybridized carbons (Fsp3) is 0.222. The van der Waals surface area contributed by atoms with Crippen LogP contribution in [0.15, 0.2) is 42.5 Å². The van der Waals surface area contributed by atoms with Crippen LogP contribution in [0.1, 0.15) is 22.8 Å². The van der Waals surface area contributed by atoms with Gasteiger partial charge in [-0.05, 0) is 42.8 Å². The second-order valence-electron chi connectivity index (χ2n) is 5.49. The van der Waals surface area contributed by atoms with E-state index in [0.717, 1.165) is 5.56 Å². The first kappa shape index (κ1) is 16.3. The van der Waals surface area contributed by atoms with E-state index in [-0.39, 0.29) is 5.91 Å². The summed E-state index contributed by atoms with van der Waals surface area (Å²) in [5.41, 5.74) is 1.84. The van der Waals surface area contributed by atoms with Crippen LogP contribution < -0.4 is 9.64 Å². The minimum Gasteiger partial charge on any atom is -0.479 e. The van der Waals surface area contributed by atoms with E-state index in [1.165, 1.54) is 7.11 Å². The molecule has 0 spiro atoms. The second kappa shape index (κ2) is 6.53. The maximum atomic E-state index is 12.6. The van der Waals surface area contributed by atoms with Crippen molar-refractivity contribution in [1.82, 2.24) is 0 Å². The number of hydrogen-bond acceptors (Lipinski definition) is 4. The van der Waals surface area contributed by atoms with Crippen LogP contribution in [0.25, 0.3) is 0 Å². The van der Waals surface area contributed by atoms with Crippen LogP contribution in [0, 0.1) is 0 Å². The highest BCUT2D eigenvalue weighted by atomic mass is 35.5. The molecule has 2 aromatic rings. The highest BCUT2D eigenvalue weighted by Gasteiger charge is 2.32. The van der Waals surface area contributed by atoms with Gasteiger partial charge in [-0.25, -0.2) is 4.79 Å². The third-order valence-electron chi connectivity index (χ3n) is 3.84. The van der Waals surface area contributed by atoms with Crippen LogP contribution in [0.2, 0.25) is 5.02 Å². The monoisotopic (exact) mass is 345 g/mol. The van der Waals surface area contributed by atoms with Crippen molar-refractivity contribution in [3.8, 4) is 5.75 Å². The van der Waals surface area contributed by atoms with Crippen molar-refractivity contribution in [3.05, 3.63) is 58.6 Å². The summed E-state index contributed by atoms with van der Waals surface area (Å²) in [6, 6.07) is 12.2. The van der Waals surface area contributed by atoms with Crippen LogP contribution in [0.4, 0.5) is 5.69 Å². The molecular weight excluding hydrogens is 330 g/mol. The summed E-state index contributed by atoms with van der Waals surface area (Å²) in [4.78, 5) is 25.9. The van der Waals surface area contributed by atoms with Gasteiger partial charge in [0.05, 0.1) is 24.9 Å². The van der Waals surface area contributed by atoms with Crippen molar-refractivity contribution in [2.24, 2.45) is 0 Å². The average Bonchev–Trinajstić information content (AvgIpc) is 2.59. The molecule has 0 fully saturated rings. The van der Waals surface area contributed by atoms with Crippen LogP contribution >= 0.6 is 11.6 Å². The number of rotatable bonds is 3. The number of ether oxygens (including phenoxy) is 2. The summed E-state index contributed by atoms with van der Waals surface area (Å²) in [6.07, 6.45) is -0.589. The quantitative estimate of drug-likeness (QED) is 0.800. The number of nitrogens with zero attached hydrogens (tertiary/aromatic N) is 1. The van der Waals surface area contributed by atoms with Crippen molar-refractivity contribution in [2.75, 3.05) is 12.0 Å². The smallest absolute Gasteiger partial charge is 0.337 e. The molecule has 5 nitrogen and oxygen atoms in total. The molecule has 124 valence electrons. The molecule has 1 aliphatic rings. The van der Waals surface area contributed by atoms with E-state index in [4.69, 9.17) is 21.1 Å². The molecule has 1 aliphatic heterocycles. The standard InChI is InChI=1S/C18H16ClNO4/c1-11-17(21)20(10-12-3-6-14(19)7-4-12)15-9-13(18(22)23-2)5-8-16(15)24-11/h3-9,11H,10H2,1-2H3. The number of carbonyl (C=O) groups is 2. The van der Waals surface area contributed by atoms with Crippen LogP contribution in [-0.2, 0) is 16.1 Å². The van der Waals surface area contributed by atoms with Gasteiger partial charge in [0.2, 0.25) is 0 Å². The summed E-state index contributed by atoms with van der Waals surface area (Å²) >= 11 is 5.91. The Bertz CT molecular complexity index is 788. The second-order valence-corrected chi connectivity index (χ2v) is 5.92. The van der Waals surface area contributed by atoms with Crippen molar-refractivity contribution in [3.63, 3.8) is 0 Å². The molecule has 1 amide bonds. The van der Waals surface area contributed by atoms with E-state index >= 15 is 0 Å². The van der Waals surface area contributed by atoms with Gasteiger partial charge in [0.15, 0.2) is 6.10 Å². The SMILES string of the molecule is COC(=O)c1ccc2c(c1)N(Cc1ccc(Cl)cc1)C(=O)C(C)O2. The highest BCUT2D eigenvalue weighted by molar-refractivity contribution is 6.30. The zero-order chi connectivity index (χ0) is 17.3. The molecule has 0 saturated carbocycles. The van der Waals surface area contributed by atoms with Crippen LogP contribution in [0.3, 0.4) is 0 Å². The fourth-order valence-corrected chi connectivity index (χ4v) is 2.71. The Morgan fingerprint density at radius 1 is 1.25 bits per heavy atom. The van der Waals surface area contributed by atoms with Gasteiger partial charge < -0.3 is 14.4 Å². The molecule has 0 aliphatic carbocycles. The lowest BCUT2D eigenvalue weighted by Crippen LogP contribution is -2.44. The summed E-state index contributed by atoms with van der Waals surface area (Å²) in [5, 5.41) is 0.633. The number of hydrogen-bond donors (Lipinski definition) is 0. The molecule has 0 N–H and O–H groups in total. The number of esters is 1. The number of halogens is 1. The molecule has 0 bridgehead atoms. The molecule has 1 unspecified atom stereocenters. The predicted octanol–water partition coefficient (Wildman–Crippen LogP) is 3.44. The average molecular weight is 346 g/mol. The summed E-state index contributed by atoms with van der Waals surface area (Å²) in [5.74, 6) is -0.0708. The molecule has 1 atom stereocenters. The Labute approximate surface area is 144 Å². The minimum absolute atomic E-state index is 0.167. The zero-order valence-corrected chi connectivity index (χ0v) is 14.0. The third kappa shape index (κ3) is 3.08. The van der Waals surface area contributed by atoms with E-state index in [9.17, 15) is 9.59 Å². The first-order valence-electron chi connectivity index (χ1n) is 7.44. The lowest BCUT2D eigenvalue weighted by atomic mass is 10.1. The summed E-state index contributed by atoms with van der Waals surface area (Å²) in [7, 11) is 1.32. The van der Waals surface area contributed by atoms with Crippen molar-refractivity contribution < 1.29 is 19.1 Å². The first-order chi connectivity index (χ1) is 11.5. The molecule has 6 heteroatoms. The molecule has 2 aromatic carbocycles. The third-order valence-corrected chi connectivity index (χ3v) is 4.09. The Hall–Kier alpha value is -2.53. The Balaban J connectivity index is 2.00. The van der Waals surface area contributed by atoms with Gasteiger partial charge in [0.1, 0.15) is 5.75 Å². The van der Waals surface area contributed by atoms with Gasteiger partial charge in [-0.3, -0.25) is 4.79 Å². The van der Waals surface area contributed by atoms with E-state index < -0.39 is 12.1 Å². The number of fused-ring (bicyclic) bond motifs is 1. The van der Waals surface area contributed by atoms with Crippen molar-refractivity contribution in [2.45, 2.75) is 19.6 Å². The van der Waals surface area contributed by atoms with Gasteiger partial charge in [-0.1, -0.05) is 23.7 Å². The Morgan fingerprint density at radius 3 is 2.62 bits per heavy atom. The van der Waals surface area contributed by atoms with Gasteiger partial charge in [0.25, 0.3) is 5.91 Å². The lowest BCUT2D eigenvalue weighted by molar-refractivity contribution is -0.125. The predicted molar refractivity (Wildman–Crippen MR) is 90.5 cm³/mol. The molecular formula is C18H16ClNO4. The van der Waals surface area contributed by atoms with Crippen molar-refractivity contribution >= 4 is 29.2 Å². The Morgan fingerprint density at radius 2 is 1.96 bits per heavy atom. The molecule has 0 saturated heterocycles. The van der Waals surface area contributed by atoms with Gasteiger partial charge in [-0.2, -0.15) is 0 Å². The van der Waals surface area contributed by atoms with Gasteiger partial charge in [0, 0.05) is 5.02 Å². The summed E-state index contributed by atoms with van der Waals surface area (Å²) in [6.45, 7) is 2.07. The largest absolute Gasteiger partial charge is 0.479 e. The van der Waals surface area contributed by atoms with E-state index in [1.54, 1.807) is 42.2 Å². The molecule has 3 rings (SSSR count). The fourth-order valence-electron chi connectivity index (χ4n) is 2.59. The maximum absolute atomic E-state index is 12.6. The number of methoxy groups -OCH3 is 1. The lowest BCUT2D eigenvalue weighted by Gasteiger charge is -2.33. The number of amides is 1. The number of benzene rings is 2. The summed E-state index contributed by atoms with van der Waals surface area (Å²) < 4.78 is 10.4. The minimum atomic E-state index is -0.589. The number of carbonyl (C=O) groups excluding carboxylic acids is 2. The van der Waals surface area contributed by atoms with Gasteiger partial charge >= 0.3 is 5.97 Å². The number of anilines is 1. The molecule has 24 heavy (non-hydrogen) atoms. The highest BCUT2D eigenvalue weighted by Crippen LogP contribution is 2.36. The normalized spacial score (nSPS) is 16.4. The van der Waals surface area contributed by atoms with Crippen LogP contribution in [-0.4, -0.2) is 25.1 Å². The molecule has 1 heterocycles. The first-order valence-corrected chi connectivity index (χ1v) is 7.82.